The van der Waals surface area contributed by atoms with Crippen LogP contribution < -0.4 is 4.90 Å². The fourth-order valence-electron chi connectivity index (χ4n) is 4.48. The fraction of sp³-hybridized carbons (Fsp3) is 0.185. The normalized spacial score (nSPS) is 14.0. The van der Waals surface area contributed by atoms with Crippen molar-refractivity contribution >= 4 is 45.7 Å². The van der Waals surface area contributed by atoms with Crippen molar-refractivity contribution in [3.05, 3.63) is 94.0 Å². The van der Waals surface area contributed by atoms with Gasteiger partial charge < -0.3 is 9.80 Å². The van der Waals surface area contributed by atoms with Gasteiger partial charge in [-0.1, -0.05) is 53.5 Å². The minimum atomic E-state index is 0.0464. The largest absolute Gasteiger partial charge is 0.368 e. The molecular weight excluding hydrogens is 453 g/mol. The lowest BCUT2D eigenvalue weighted by Crippen LogP contribution is -2.49. The quantitative estimate of drug-likeness (QED) is 0.340. The molecule has 2 heterocycles. The molecule has 1 saturated heterocycles. The number of para-hydroxylation sites is 1. The molecular formula is C27H23Cl2N3O. The first-order valence-electron chi connectivity index (χ1n) is 11.0. The molecule has 0 N–H and O–H groups in total. The van der Waals surface area contributed by atoms with Crippen LogP contribution >= 0.6 is 23.2 Å². The summed E-state index contributed by atoms with van der Waals surface area (Å²) in [4.78, 5) is 22.9. The van der Waals surface area contributed by atoms with E-state index in [9.17, 15) is 4.79 Å². The third-order valence-electron chi connectivity index (χ3n) is 6.21. The summed E-state index contributed by atoms with van der Waals surface area (Å²) in [6.45, 7) is 4.84. The summed E-state index contributed by atoms with van der Waals surface area (Å²) in [6, 6.07) is 23.3. The van der Waals surface area contributed by atoms with E-state index in [-0.39, 0.29) is 5.91 Å². The van der Waals surface area contributed by atoms with Crippen molar-refractivity contribution in [3.8, 4) is 11.3 Å². The molecule has 0 unspecified atom stereocenters. The van der Waals surface area contributed by atoms with Crippen LogP contribution in [0.3, 0.4) is 0 Å². The van der Waals surface area contributed by atoms with Gasteiger partial charge in [0.15, 0.2) is 0 Å². The van der Waals surface area contributed by atoms with Gasteiger partial charge >= 0.3 is 0 Å². The Morgan fingerprint density at radius 1 is 0.848 bits per heavy atom. The van der Waals surface area contributed by atoms with Gasteiger partial charge in [0.05, 0.1) is 16.8 Å². The number of benzene rings is 3. The number of anilines is 1. The minimum Gasteiger partial charge on any atom is -0.368 e. The molecule has 33 heavy (non-hydrogen) atoms. The van der Waals surface area contributed by atoms with E-state index < -0.39 is 0 Å². The number of fused-ring (bicyclic) bond motifs is 1. The maximum Gasteiger partial charge on any atom is 0.255 e. The summed E-state index contributed by atoms with van der Waals surface area (Å²) in [6.07, 6.45) is 0. The van der Waals surface area contributed by atoms with E-state index in [4.69, 9.17) is 28.2 Å². The van der Waals surface area contributed by atoms with Gasteiger partial charge in [0.25, 0.3) is 5.91 Å². The molecule has 1 fully saturated rings. The van der Waals surface area contributed by atoms with E-state index in [2.05, 4.69) is 4.90 Å². The minimum absolute atomic E-state index is 0.0464. The highest BCUT2D eigenvalue weighted by Gasteiger charge is 2.26. The molecule has 1 aromatic heterocycles. The smallest absolute Gasteiger partial charge is 0.255 e. The highest BCUT2D eigenvalue weighted by molar-refractivity contribution is 6.31. The van der Waals surface area contributed by atoms with Gasteiger partial charge in [-0.3, -0.25) is 4.79 Å². The van der Waals surface area contributed by atoms with E-state index in [0.29, 0.717) is 18.1 Å². The van der Waals surface area contributed by atoms with Crippen molar-refractivity contribution in [1.82, 2.24) is 9.88 Å². The Morgan fingerprint density at radius 2 is 1.58 bits per heavy atom. The summed E-state index contributed by atoms with van der Waals surface area (Å²) >= 11 is 12.3. The van der Waals surface area contributed by atoms with Gasteiger partial charge in [-0.05, 0) is 55.0 Å². The van der Waals surface area contributed by atoms with Crippen LogP contribution in [0.4, 0.5) is 5.69 Å². The molecule has 6 heteroatoms. The molecule has 4 nitrogen and oxygen atoms in total. The number of amides is 1. The van der Waals surface area contributed by atoms with Crippen LogP contribution in [-0.4, -0.2) is 42.0 Å². The maximum absolute atomic E-state index is 13.8. The zero-order valence-electron chi connectivity index (χ0n) is 18.3. The van der Waals surface area contributed by atoms with Crippen molar-refractivity contribution in [2.75, 3.05) is 31.1 Å². The van der Waals surface area contributed by atoms with Crippen LogP contribution in [-0.2, 0) is 0 Å². The van der Waals surface area contributed by atoms with Crippen LogP contribution in [0.1, 0.15) is 15.9 Å². The molecule has 1 amide bonds. The van der Waals surface area contributed by atoms with Gasteiger partial charge in [0, 0.05) is 52.9 Å². The average Bonchev–Trinajstić information content (AvgIpc) is 2.84. The van der Waals surface area contributed by atoms with Crippen molar-refractivity contribution in [3.63, 3.8) is 0 Å². The molecule has 0 atom stereocenters. The lowest BCUT2D eigenvalue weighted by Gasteiger charge is -2.36. The monoisotopic (exact) mass is 475 g/mol. The fourth-order valence-corrected chi connectivity index (χ4v) is 4.79. The number of nitrogens with zero attached hydrogens (tertiary/aromatic N) is 3. The van der Waals surface area contributed by atoms with E-state index in [1.807, 2.05) is 84.6 Å². The van der Waals surface area contributed by atoms with Gasteiger partial charge in [-0.15, -0.1) is 0 Å². The van der Waals surface area contributed by atoms with Crippen LogP contribution in [0.15, 0.2) is 72.8 Å². The second-order valence-corrected chi connectivity index (χ2v) is 9.12. The third kappa shape index (κ3) is 4.29. The molecule has 0 bridgehead atoms. The first kappa shape index (κ1) is 21.7. The third-order valence-corrected chi connectivity index (χ3v) is 6.69. The molecule has 3 aromatic carbocycles. The number of halogens is 2. The molecule has 1 aliphatic rings. The summed E-state index contributed by atoms with van der Waals surface area (Å²) in [7, 11) is 0. The Hall–Kier alpha value is -3.08. The first-order valence-corrected chi connectivity index (χ1v) is 11.7. The van der Waals surface area contributed by atoms with Crippen LogP contribution in [0.25, 0.3) is 22.2 Å². The Morgan fingerprint density at radius 3 is 2.30 bits per heavy atom. The van der Waals surface area contributed by atoms with Gasteiger partial charge in [0.1, 0.15) is 0 Å². The van der Waals surface area contributed by atoms with Gasteiger partial charge in [-0.25, -0.2) is 4.98 Å². The molecule has 166 valence electrons. The predicted octanol–water partition coefficient (Wildman–Crippen LogP) is 6.48. The molecule has 0 radical (unpaired) electrons. The van der Waals surface area contributed by atoms with Crippen LogP contribution in [0, 0.1) is 6.92 Å². The molecule has 1 aliphatic heterocycles. The number of piperazine rings is 1. The second kappa shape index (κ2) is 9.05. The van der Waals surface area contributed by atoms with Crippen molar-refractivity contribution in [2.45, 2.75) is 6.92 Å². The molecule has 0 saturated carbocycles. The van der Waals surface area contributed by atoms with E-state index in [1.54, 1.807) is 0 Å². The van der Waals surface area contributed by atoms with Crippen molar-refractivity contribution in [1.29, 1.82) is 0 Å². The Labute approximate surface area is 203 Å². The lowest BCUT2D eigenvalue weighted by atomic mass is 9.96. The number of rotatable bonds is 3. The topological polar surface area (TPSA) is 36.4 Å². The lowest BCUT2D eigenvalue weighted by molar-refractivity contribution is 0.0748. The molecule has 0 spiro atoms. The second-order valence-electron chi connectivity index (χ2n) is 8.24. The average molecular weight is 476 g/mol. The summed E-state index contributed by atoms with van der Waals surface area (Å²) in [5.74, 6) is 0.0464. The van der Waals surface area contributed by atoms with E-state index in [1.165, 1.54) is 0 Å². The summed E-state index contributed by atoms with van der Waals surface area (Å²) in [5.41, 5.74) is 5.23. The zero-order chi connectivity index (χ0) is 22.9. The first-order chi connectivity index (χ1) is 16.0. The summed E-state index contributed by atoms with van der Waals surface area (Å²) < 4.78 is 0. The standard InChI is InChI=1S/C27H23Cl2N3O/c1-18-25(27(33)32-15-13-31(14-16-32)22-11-9-20(28)10-12-22)23-7-2-3-8-24(23)30-26(18)19-5-4-6-21(29)17-19/h2-12,17H,13-16H2,1H3. The van der Waals surface area contributed by atoms with Crippen molar-refractivity contribution in [2.24, 2.45) is 0 Å². The van der Waals surface area contributed by atoms with E-state index >= 15 is 0 Å². The number of carbonyl (C=O) groups excluding carboxylic acids is 1. The maximum atomic E-state index is 13.8. The molecule has 0 aliphatic carbocycles. The van der Waals surface area contributed by atoms with Crippen LogP contribution in [0.2, 0.25) is 10.0 Å². The van der Waals surface area contributed by atoms with Gasteiger partial charge in [-0.2, -0.15) is 0 Å². The van der Waals surface area contributed by atoms with Gasteiger partial charge in [0.2, 0.25) is 0 Å². The van der Waals surface area contributed by atoms with Crippen molar-refractivity contribution < 1.29 is 4.79 Å². The Balaban J connectivity index is 1.48. The highest BCUT2D eigenvalue weighted by Crippen LogP contribution is 2.32. The van der Waals surface area contributed by atoms with Crippen LogP contribution in [0.5, 0.6) is 0 Å². The number of hydrogen-bond donors (Lipinski definition) is 0. The summed E-state index contributed by atoms with van der Waals surface area (Å²) in [5, 5.41) is 2.25. The number of pyridine rings is 1. The SMILES string of the molecule is Cc1c(-c2cccc(Cl)c2)nc2ccccc2c1C(=O)N1CCN(c2ccc(Cl)cc2)CC1. The molecule has 5 rings (SSSR count). The number of aromatic nitrogens is 1. The Bertz CT molecular complexity index is 1330. The number of carbonyl (C=O) groups is 1. The zero-order valence-corrected chi connectivity index (χ0v) is 19.8. The highest BCUT2D eigenvalue weighted by atomic mass is 35.5. The Kier molecular flexibility index (Phi) is 5.96. The molecule has 4 aromatic rings. The predicted molar refractivity (Wildman–Crippen MR) is 136 cm³/mol. The number of hydrogen-bond acceptors (Lipinski definition) is 3. The van der Waals surface area contributed by atoms with E-state index in [0.717, 1.165) is 57.1 Å².